The maximum absolute atomic E-state index is 5.75. The van der Waals surface area contributed by atoms with Gasteiger partial charge in [-0.25, -0.2) is 0 Å². The van der Waals surface area contributed by atoms with Gasteiger partial charge in [-0.3, -0.25) is 0 Å². The summed E-state index contributed by atoms with van der Waals surface area (Å²) in [5, 5.41) is 0. The molecule has 2 N–H and O–H groups in total. The Morgan fingerprint density at radius 1 is 1.33 bits per heavy atom. The van der Waals surface area contributed by atoms with Crippen molar-refractivity contribution in [1.82, 2.24) is 0 Å². The van der Waals surface area contributed by atoms with Crippen LogP contribution in [0.2, 0.25) is 0 Å². The second kappa shape index (κ2) is 6.82. The normalized spacial score (nSPS) is 10.5. The van der Waals surface area contributed by atoms with Gasteiger partial charge in [0, 0.05) is 30.5 Å². The number of nitrogen functional groups attached to an aromatic ring is 1. The minimum Gasteiger partial charge on any atom is -0.398 e. The Labute approximate surface area is 98.7 Å². The number of ether oxygens (including phenoxy) is 2. The maximum Gasteiger partial charge on any atom is 0.0717 e. The highest BCUT2D eigenvalue weighted by Crippen LogP contribution is 2.20. The van der Waals surface area contributed by atoms with Gasteiger partial charge >= 0.3 is 0 Å². The molecule has 4 heteroatoms. The Hall–Kier alpha value is -0.580. The van der Waals surface area contributed by atoms with Crippen LogP contribution < -0.4 is 5.73 Å². The van der Waals surface area contributed by atoms with Crippen LogP contribution in [0.25, 0.3) is 0 Å². The first kappa shape index (κ1) is 12.5. The molecule has 0 bridgehead atoms. The average molecular weight is 274 g/mol. The topological polar surface area (TPSA) is 44.5 Å². The van der Waals surface area contributed by atoms with E-state index in [1.807, 2.05) is 18.2 Å². The molecule has 0 amide bonds. The summed E-state index contributed by atoms with van der Waals surface area (Å²) in [6.07, 6.45) is 0.919. The summed E-state index contributed by atoms with van der Waals surface area (Å²) in [6.45, 7) is 2.05. The Morgan fingerprint density at radius 2 is 2.13 bits per heavy atom. The molecule has 15 heavy (non-hydrogen) atoms. The first-order valence-electron chi connectivity index (χ1n) is 4.84. The van der Waals surface area contributed by atoms with Gasteiger partial charge in [0.25, 0.3) is 0 Å². The van der Waals surface area contributed by atoms with Crippen molar-refractivity contribution in [1.29, 1.82) is 0 Å². The Morgan fingerprint density at radius 3 is 2.80 bits per heavy atom. The van der Waals surface area contributed by atoms with E-state index in [9.17, 15) is 0 Å². The molecule has 1 aromatic rings. The second-order valence-corrected chi connectivity index (χ2v) is 4.11. The fourth-order valence-corrected chi connectivity index (χ4v) is 1.42. The summed E-state index contributed by atoms with van der Waals surface area (Å²) in [5.74, 6) is 0. The van der Waals surface area contributed by atoms with Crippen LogP contribution in [-0.2, 0) is 16.1 Å². The van der Waals surface area contributed by atoms with Crippen molar-refractivity contribution in [2.75, 3.05) is 26.1 Å². The lowest BCUT2D eigenvalue weighted by Gasteiger charge is -2.05. The molecule has 0 radical (unpaired) electrons. The lowest BCUT2D eigenvalue weighted by atomic mass is 10.2. The van der Waals surface area contributed by atoms with Crippen LogP contribution in [0.3, 0.4) is 0 Å². The zero-order chi connectivity index (χ0) is 11.1. The van der Waals surface area contributed by atoms with Crippen molar-refractivity contribution < 1.29 is 9.47 Å². The zero-order valence-electron chi connectivity index (χ0n) is 8.83. The summed E-state index contributed by atoms with van der Waals surface area (Å²) < 4.78 is 11.3. The van der Waals surface area contributed by atoms with Crippen LogP contribution in [0, 0.1) is 0 Å². The number of nitrogens with two attached hydrogens (primary N) is 1. The number of halogens is 1. The predicted molar refractivity (Wildman–Crippen MR) is 64.7 cm³/mol. The van der Waals surface area contributed by atoms with Crippen LogP contribution in [0.5, 0.6) is 0 Å². The summed E-state index contributed by atoms with van der Waals surface area (Å²) in [5.41, 5.74) is 7.58. The highest BCUT2D eigenvalue weighted by molar-refractivity contribution is 9.10. The monoisotopic (exact) mass is 273 g/mol. The fraction of sp³-hybridized carbons (Fsp3) is 0.455. The SMILES string of the molecule is COCCCOCc1ccc(Br)c(N)c1. The number of rotatable bonds is 6. The molecule has 0 saturated carbocycles. The lowest BCUT2D eigenvalue weighted by Crippen LogP contribution is -2.00. The van der Waals surface area contributed by atoms with Crippen LogP contribution >= 0.6 is 15.9 Å². The zero-order valence-corrected chi connectivity index (χ0v) is 10.4. The van der Waals surface area contributed by atoms with Crippen molar-refractivity contribution >= 4 is 21.6 Å². The third-order valence-electron chi connectivity index (χ3n) is 1.97. The number of hydrogen-bond donors (Lipinski definition) is 1. The molecular weight excluding hydrogens is 258 g/mol. The van der Waals surface area contributed by atoms with E-state index in [1.54, 1.807) is 7.11 Å². The first-order chi connectivity index (χ1) is 7.24. The van der Waals surface area contributed by atoms with Crippen LogP contribution in [0.1, 0.15) is 12.0 Å². The lowest BCUT2D eigenvalue weighted by molar-refractivity contribution is 0.0929. The number of anilines is 1. The highest BCUT2D eigenvalue weighted by atomic mass is 79.9. The van der Waals surface area contributed by atoms with E-state index in [0.29, 0.717) is 13.2 Å². The van der Waals surface area contributed by atoms with Gasteiger partial charge in [0.2, 0.25) is 0 Å². The smallest absolute Gasteiger partial charge is 0.0717 e. The molecule has 0 fully saturated rings. The van der Waals surface area contributed by atoms with E-state index in [4.69, 9.17) is 15.2 Å². The van der Waals surface area contributed by atoms with Crippen molar-refractivity contribution in [3.8, 4) is 0 Å². The van der Waals surface area contributed by atoms with Gasteiger partial charge in [-0.2, -0.15) is 0 Å². The van der Waals surface area contributed by atoms with Crippen molar-refractivity contribution in [2.45, 2.75) is 13.0 Å². The number of hydrogen-bond acceptors (Lipinski definition) is 3. The summed E-state index contributed by atoms with van der Waals surface area (Å²) in [4.78, 5) is 0. The van der Waals surface area contributed by atoms with Gasteiger partial charge in [0.15, 0.2) is 0 Å². The van der Waals surface area contributed by atoms with E-state index in [-0.39, 0.29) is 0 Å². The quantitative estimate of drug-likeness (QED) is 0.640. The second-order valence-electron chi connectivity index (χ2n) is 3.25. The Balaban J connectivity index is 2.28. The van der Waals surface area contributed by atoms with E-state index in [2.05, 4.69) is 15.9 Å². The summed E-state index contributed by atoms with van der Waals surface area (Å²) in [7, 11) is 1.69. The third kappa shape index (κ3) is 4.64. The van der Waals surface area contributed by atoms with Crippen molar-refractivity contribution in [3.63, 3.8) is 0 Å². The molecule has 0 unspecified atom stereocenters. The molecule has 1 rings (SSSR count). The molecule has 0 atom stereocenters. The van der Waals surface area contributed by atoms with E-state index in [0.717, 1.165) is 28.8 Å². The van der Waals surface area contributed by atoms with E-state index in [1.165, 1.54) is 0 Å². The highest BCUT2D eigenvalue weighted by Gasteiger charge is 1.98. The summed E-state index contributed by atoms with van der Waals surface area (Å²) in [6, 6.07) is 5.85. The maximum atomic E-state index is 5.75. The van der Waals surface area contributed by atoms with Gasteiger partial charge in [-0.1, -0.05) is 6.07 Å². The first-order valence-corrected chi connectivity index (χ1v) is 5.64. The molecular formula is C11H16BrNO2. The summed E-state index contributed by atoms with van der Waals surface area (Å²) >= 11 is 3.35. The largest absolute Gasteiger partial charge is 0.398 e. The predicted octanol–water partition coefficient (Wildman–Crippen LogP) is 2.58. The van der Waals surface area contributed by atoms with Crippen LogP contribution in [-0.4, -0.2) is 20.3 Å². The molecule has 0 spiro atoms. The third-order valence-corrected chi connectivity index (χ3v) is 2.69. The van der Waals surface area contributed by atoms with Crippen molar-refractivity contribution in [2.24, 2.45) is 0 Å². The van der Waals surface area contributed by atoms with Gasteiger partial charge in [-0.05, 0) is 40.0 Å². The van der Waals surface area contributed by atoms with Crippen molar-refractivity contribution in [3.05, 3.63) is 28.2 Å². The van der Waals surface area contributed by atoms with Crippen LogP contribution in [0.4, 0.5) is 5.69 Å². The minimum atomic E-state index is 0.598. The van der Waals surface area contributed by atoms with Gasteiger partial charge in [0.05, 0.1) is 6.61 Å². The molecule has 0 heterocycles. The molecule has 84 valence electrons. The Bertz CT molecular complexity index is 305. The standard InChI is InChI=1S/C11H16BrNO2/c1-14-5-2-6-15-8-9-3-4-10(12)11(13)7-9/h3-4,7H,2,5-6,8,13H2,1H3. The van der Waals surface area contributed by atoms with E-state index < -0.39 is 0 Å². The van der Waals surface area contributed by atoms with Gasteiger partial charge in [-0.15, -0.1) is 0 Å². The fourth-order valence-electron chi connectivity index (χ4n) is 1.18. The minimum absolute atomic E-state index is 0.598. The molecule has 0 saturated heterocycles. The average Bonchev–Trinajstić information content (AvgIpc) is 2.23. The number of benzene rings is 1. The Kier molecular flexibility index (Phi) is 5.68. The molecule has 0 aliphatic heterocycles. The molecule has 3 nitrogen and oxygen atoms in total. The molecule has 0 aliphatic carbocycles. The number of methoxy groups -OCH3 is 1. The van der Waals surface area contributed by atoms with Gasteiger partial charge in [0.1, 0.15) is 0 Å². The van der Waals surface area contributed by atoms with Gasteiger partial charge < -0.3 is 15.2 Å². The molecule has 0 aliphatic rings. The molecule has 1 aromatic carbocycles. The molecule has 0 aromatic heterocycles. The van der Waals surface area contributed by atoms with Crippen LogP contribution in [0.15, 0.2) is 22.7 Å². The van der Waals surface area contributed by atoms with E-state index >= 15 is 0 Å².